The number of amides is 1. The fraction of sp³-hybridized carbons (Fsp3) is 0.450. The molecule has 1 saturated heterocycles. The Balaban J connectivity index is 1.50. The van der Waals surface area contributed by atoms with E-state index in [-0.39, 0.29) is 18.3 Å². The third-order valence-corrected chi connectivity index (χ3v) is 4.80. The number of carbonyl (C=O) groups excluding carboxylic acids is 1. The molecule has 4 rings (SSSR count). The number of nitriles is 1. The van der Waals surface area contributed by atoms with Crippen molar-refractivity contribution < 1.29 is 23.4 Å². The van der Waals surface area contributed by atoms with Crippen molar-refractivity contribution in [1.29, 1.82) is 5.26 Å². The van der Waals surface area contributed by atoms with Crippen LogP contribution in [0.5, 0.6) is 0 Å². The number of aromatic nitrogens is 5. The highest BCUT2D eigenvalue weighted by Crippen LogP contribution is 2.33. The van der Waals surface area contributed by atoms with Crippen LogP contribution in [0.1, 0.15) is 37.0 Å². The molecule has 1 aliphatic rings. The molecule has 12 nitrogen and oxygen atoms in total. The van der Waals surface area contributed by atoms with Gasteiger partial charge in [0.2, 0.25) is 5.95 Å². The van der Waals surface area contributed by atoms with Gasteiger partial charge in [0.05, 0.1) is 24.6 Å². The summed E-state index contributed by atoms with van der Waals surface area (Å²) in [5.41, 5.74) is 1.69. The van der Waals surface area contributed by atoms with Crippen molar-refractivity contribution in [2.75, 3.05) is 19.0 Å². The fourth-order valence-electron chi connectivity index (χ4n) is 3.41. The zero-order valence-electron chi connectivity index (χ0n) is 18.2. The lowest BCUT2D eigenvalue weighted by Gasteiger charge is -2.16. The van der Waals surface area contributed by atoms with Crippen LogP contribution in [0.15, 0.2) is 18.3 Å². The van der Waals surface area contributed by atoms with Crippen LogP contribution >= 0.6 is 0 Å². The lowest BCUT2D eigenvalue weighted by atomic mass is 10.1. The third kappa shape index (κ3) is 4.86. The van der Waals surface area contributed by atoms with Gasteiger partial charge in [0, 0.05) is 31.5 Å². The van der Waals surface area contributed by atoms with Crippen molar-refractivity contribution in [3.63, 3.8) is 0 Å². The summed E-state index contributed by atoms with van der Waals surface area (Å²) >= 11 is 0. The summed E-state index contributed by atoms with van der Waals surface area (Å²) in [5.74, 6) is 0.626. The summed E-state index contributed by atoms with van der Waals surface area (Å²) in [5, 5.41) is 21.7. The number of aromatic amines is 1. The van der Waals surface area contributed by atoms with E-state index in [0.29, 0.717) is 35.4 Å². The van der Waals surface area contributed by atoms with E-state index in [0.717, 1.165) is 0 Å². The number of ether oxygens (including phenoxy) is 3. The zero-order chi connectivity index (χ0) is 23.5. The number of halogens is 1. The van der Waals surface area contributed by atoms with Crippen molar-refractivity contribution in [3.8, 4) is 6.07 Å². The molecule has 3 aromatic heterocycles. The number of hydrogen-bond acceptors (Lipinski definition) is 9. The molecule has 0 radical (unpaired) electrons. The zero-order valence-corrected chi connectivity index (χ0v) is 18.2. The fourth-order valence-corrected chi connectivity index (χ4v) is 3.41. The molecule has 0 unspecified atom stereocenters. The molecule has 33 heavy (non-hydrogen) atoms. The summed E-state index contributed by atoms with van der Waals surface area (Å²) < 4.78 is 32.3. The average Bonchev–Trinajstić information content (AvgIpc) is 3.47. The predicted molar refractivity (Wildman–Crippen MR) is 112 cm³/mol. The standard InChI is InChI=1S/C20H23FN8O4/c1-10(2)23-20(30)33-14-9-32-18(17(14)21)13-5-15(28-27-13)26-19-25-11(6-22)4-16-24-12(8-31-3)7-29(16)19/h4-5,7,10,14,17-18H,8-9H2,1-3H3,(H,23,30)(H2,25,26,27,28)/t14-,17-,18-/m0/s1. The van der Waals surface area contributed by atoms with E-state index in [1.165, 1.54) is 0 Å². The van der Waals surface area contributed by atoms with Crippen LogP contribution in [0.3, 0.4) is 0 Å². The van der Waals surface area contributed by atoms with Crippen LogP contribution in [0.25, 0.3) is 5.65 Å². The molecule has 1 aliphatic heterocycles. The summed E-state index contributed by atoms with van der Waals surface area (Å²) in [6.07, 6.45) is -2.56. The number of anilines is 2. The molecule has 3 atom stereocenters. The van der Waals surface area contributed by atoms with Crippen molar-refractivity contribution in [1.82, 2.24) is 29.9 Å². The van der Waals surface area contributed by atoms with Crippen molar-refractivity contribution in [2.24, 2.45) is 0 Å². The van der Waals surface area contributed by atoms with E-state index in [2.05, 4.69) is 30.8 Å². The van der Waals surface area contributed by atoms with Crippen LogP contribution in [-0.2, 0) is 20.8 Å². The first-order valence-electron chi connectivity index (χ1n) is 10.2. The highest BCUT2D eigenvalue weighted by atomic mass is 19.1. The number of methoxy groups -OCH3 is 1. The van der Waals surface area contributed by atoms with Gasteiger partial charge in [0.25, 0.3) is 0 Å². The molecule has 3 aromatic rings. The second-order valence-electron chi connectivity index (χ2n) is 7.74. The summed E-state index contributed by atoms with van der Waals surface area (Å²) in [4.78, 5) is 20.4. The van der Waals surface area contributed by atoms with Crippen LogP contribution in [-0.4, -0.2) is 62.7 Å². The molecule has 13 heteroatoms. The quantitative estimate of drug-likeness (QED) is 0.483. The lowest BCUT2D eigenvalue weighted by molar-refractivity contribution is 0.0615. The van der Waals surface area contributed by atoms with E-state index in [4.69, 9.17) is 14.2 Å². The van der Waals surface area contributed by atoms with Gasteiger partial charge in [0.15, 0.2) is 18.1 Å². The first-order chi connectivity index (χ1) is 15.9. The molecule has 4 heterocycles. The Morgan fingerprint density at radius 2 is 2.27 bits per heavy atom. The molecule has 1 amide bonds. The van der Waals surface area contributed by atoms with E-state index >= 15 is 0 Å². The first kappa shape index (κ1) is 22.4. The summed E-state index contributed by atoms with van der Waals surface area (Å²) in [6.45, 7) is 3.77. The lowest BCUT2D eigenvalue weighted by Crippen LogP contribution is -2.36. The number of nitrogens with one attached hydrogen (secondary N) is 3. The molecule has 174 valence electrons. The van der Waals surface area contributed by atoms with Gasteiger partial charge in [-0.25, -0.2) is 19.2 Å². The number of fused-ring (bicyclic) bond motifs is 1. The predicted octanol–water partition coefficient (Wildman–Crippen LogP) is 2.13. The maximum atomic E-state index is 14.9. The van der Waals surface area contributed by atoms with Gasteiger partial charge in [-0.1, -0.05) is 0 Å². The highest BCUT2D eigenvalue weighted by Gasteiger charge is 2.42. The average molecular weight is 458 g/mol. The third-order valence-electron chi connectivity index (χ3n) is 4.80. The molecule has 3 N–H and O–H groups in total. The van der Waals surface area contributed by atoms with Gasteiger partial charge in [-0.2, -0.15) is 10.4 Å². The van der Waals surface area contributed by atoms with Crippen LogP contribution in [0.4, 0.5) is 21.0 Å². The Kier molecular flexibility index (Phi) is 6.38. The SMILES string of the molecule is COCc1cn2c(Nc3cc([C@@H]4OC[C@H](OC(=O)NC(C)C)[C@@H]4F)[nH]n3)nc(C#N)cc2n1. The maximum Gasteiger partial charge on any atom is 0.407 e. The van der Waals surface area contributed by atoms with Gasteiger partial charge in [-0.3, -0.25) is 9.50 Å². The van der Waals surface area contributed by atoms with Crippen LogP contribution in [0.2, 0.25) is 0 Å². The van der Waals surface area contributed by atoms with Gasteiger partial charge in [-0.05, 0) is 13.8 Å². The minimum Gasteiger partial charge on any atom is -0.441 e. The normalized spacial score (nSPS) is 20.2. The minimum absolute atomic E-state index is 0.0805. The van der Waals surface area contributed by atoms with Crippen molar-refractivity contribution in [3.05, 3.63) is 35.4 Å². The van der Waals surface area contributed by atoms with Crippen molar-refractivity contribution in [2.45, 2.75) is 44.9 Å². The van der Waals surface area contributed by atoms with E-state index < -0.39 is 24.5 Å². The Labute approximate surface area is 188 Å². The number of hydrogen-bond donors (Lipinski definition) is 3. The second-order valence-corrected chi connectivity index (χ2v) is 7.74. The Morgan fingerprint density at radius 3 is 3.00 bits per heavy atom. The second kappa shape index (κ2) is 9.39. The number of carbonyl (C=O) groups is 1. The molecule has 0 saturated carbocycles. The van der Waals surface area contributed by atoms with E-state index in [1.807, 2.05) is 6.07 Å². The number of alkyl halides is 1. The van der Waals surface area contributed by atoms with Gasteiger partial charge in [0.1, 0.15) is 23.5 Å². The Bertz CT molecular complexity index is 1190. The monoisotopic (exact) mass is 458 g/mol. The number of alkyl carbamates (subject to hydrolysis) is 1. The van der Waals surface area contributed by atoms with Crippen LogP contribution in [0, 0.1) is 11.3 Å². The van der Waals surface area contributed by atoms with E-state index in [9.17, 15) is 14.4 Å². The summed E-state index contributed by atoms with van der Waals surface area (Å²) in [7, 11) is 1.56. The largest absolute Gasteiger partial charge is 0.441 e. The van der Waals surface area contributed by atoms with E-state index in [1.54, 1.807) is 43.7 Å². The molecule has 1 fully saturated rings. The number of rotatable bonds is 7. The number of nitrogens with zero attached hydrogens (tertiary/aromatic N) is 5. The van der Waals surface area contributed by atoms with Crippen molar-refractivity contribution >= 4 is 23.5 Å². The number of H-pyrrole nitrogens is 1. The molecular weight excluding hydrogens is 435 g/mol. The van der Waals surface area contributed by atoms with Gasteiger partial charge < -0.3 is 24.8 Å². The Morgan fingerprint density at radius 1 is 1.45 bits per heavy atom. The first-order valence-corrected chi connectivity index (χ1v) is 10.2. The molecule has 0 spiro atoms. The maximum absolute atomic E-state index is 14.9. The highest BCUT2D eigenvalue weighted by molar-refractivity contribution is 5.67. The van der Waals surface area contributed by atoms with Gasteiger partial charge in [-0.15, -0.1) is 0 Å². The molecule has 0 aromatic carbocycles. The van der Waals surface area contributed by atoms with Crippen LogP contribution < -0.4 is 10.6 Å². The minimum atomic E-state index is -1.58. The smallest absolute Gasteiger partial charge is 0.407 e. The van der Waals surface area contributed by atoms with Gasteiger partial charge >= 0.3 is 6.09 Å². The number of imidazole rings is 1. The molecular formula is C20H23FN8O4. The molecule has 0 aliphatic carbocycles. The molecule has 0 bridgehead atoms. The summed E-state index contributed by atoms with van der Waals surface area (Å²) in [6, 6.07) is 4.98. The topological polar surface area (TPSA) is 151 Å². The Hall–Kier alpha value is -3.76.